The van der Waals surface area contributed by atoms with Crippen LogP contribution in [0.25, 0.3) is 0 Å². The topological polar surface area (TPSA) is 32.3 Å². The molecule has 138 valence electrons. The van der Waals surface area contributed by atoms with Crippen molar-refractivity contribution in [2.24, 2.45) is 0 Å². The third kappa shape index (κ3) is 5.18. The summed E-state index contributed by atoms with van der Waals surface area (Å²) in [6.45, 7) is 4.29. The first-order chi connectivity index (χ1) is 12.7. The highest BCUT2D eigenvalue weighted by molar-refractivity contribution is 8.00. The number of piperidine rings is 1. The van der Waals surface area contributed by atoms with Gasteiger partial charge in [0, 0.05) is 34.4 Å². The average Bonchev–Trinajstić information content (AvgIpc) is 2.68. The van der Waals surface area contributed by atoms with Crippen LogP contribution >= 0.6 is 23.4 Å². The van der Waals surface area contributed by atoms with E-state index >= 15 is 0 Å². The first-order valence-electron chi connectivity index (χ1n) is 9.24. The van der Waals surface area contributed by atoms with Crippen LogP contribution in [0.4, 0.5) is 11.4 Å². The molecule has 5 heteroatoms. The van der Waals surface area contributed by atoms with Gasteiger partial charge < -0.3 is 10.2 Å². The van der Waals surface area contributed by atoms with E-state index in [2.05, 4.69) is 22.3 Å². The van der Waals surface area contributed by atoms with Crippen molar-refractivity contribution in [3.63, 3.8) is 0 Å². The lowest BCUT2D eigenvalue weighted by molar-refractivity contribution is -0.115. The van der Waals surface area contributed by atoms with Crippen LogP contribution in [0, 0.1) is 0 Å². The number of halogens is 1. The average molecular weight is 389 g/mol. The van der Waals surface area contributed by atoms with Gasteiger partial charge in [-0.15, -0.1) is 11.8 Å². The summed E-state index contributed by atoms with van der Waals surface area (Å²) in [6, 6.07) is 15.8. The van der Waals surface area contributed by atoms with Crippen molar-refractivity contribution < 1.29 is 4.79 Å². The number of thioether (sulfide) groups is 1. The zero-order valence-corrected chi connectivity index (χ0v) is 16.7. The molecule has 3 nitrogen and oxygen atoms in total. The number of nitrogens with zero attached hydrogens (tertiary/aromatic N) is 1. The quantitative estimate of drug-likeness (QED) is 0.631. The van der Waals surface area contributed by atoms with Crippen LogP contribution in [0.1, 0.15) is 32.6 Å². The molecule has 1 amide bonds. The predicted octanol–water partition coefficient (Wildman–Crippen LogP) is 5.84. The minimum atomic E-state index is -0.127. The molecule has 1 atom stereocenters. The summed E-state index contributed by atoms with van der Waals surface area (Å²) in [6.07, 6.45) is 4.62. The molecule has 0 aliphatic carbocycles. The van der Waals surface area contributed by atoms with E-state index in [1.807, 2.05) is 43.3 Å². The van der Waals surface area contributed by atoms with Gasteiger partial charge in [-0.3, -0.25) is 4.79 Å². The first-order valence-corrected chi connectivity index (χ1v) is 10.5. The number of rotatable bonds is 6. The van der Waals surface area contributed by atoms with Gasteiger partial charge in [0.1, 0.15) is 0 Å². The smallest absolute Gasteiger partial charge is 0.237 e. The van der Waals surface area contributed by atoms with Gasteiger partial charge in [-0.1, -0.05) is 18.5 Å². The zero-order chi connectivity index (χ0) is 18.4. The molecule has 1 aliphatic rings. The molecule has 1 heterocycles. The Labute approximate surface area is 165 Å². The summed E-state index contributed by atoms with van der Waals surface area (Å²) in [4.78, 5) is 16.1. The van der Waals surface area contributed by atoms with Crippen molar-refractivity contribution in [3.05, 3.63) is 53.6 Å². The molecule has 0 spiro atoms. The third-order valence-corrected chi connectivity index (χ3v) is 6.24. The van der Waals surface area contributed by atoms with Crippen molar-refractivity contribution in [3.8, 4) is 0 Å². The van der Waals surface area contributed by atoms with Crippen LogP contribution in [-0.2, 0) is 4.79 Å². The van der Waals surface area contributed by atoms with Gasteiger partial charge in [-0.05, 0) is 74.2 Å². The largest absolute Gasteiger partial charge is 0.372 e. The van der Waals surface area contributed by atoms with E-state index < -0.39 is 0 Å². The van der Waals surface area contributed by atoms with Crippen LogP contribution in [-0.4, -0.2) is 24.2 Å². The normalized spacial score (nSPS) is 15.5. The summed E-state index contributed by atoms with van der Waals surface area (Å²) in [7, 11) is 0. The Morgan fingerprint density at radius 2 is 1.73 bits per heavy atom. The van der Waals surface area contributed by atoms with Gasteiger partial charge in [0.15, 0.2) is 0 Å². The number of anilines is 2. The molecule has 1 aliphatic heterocycles. The van der Waals surface area contributed by atoms with Crippen LogP contribution in [0.5, 0.6) is 0 Å². The van der Waals surface area contributed by atoms with E-state index in [0.29, 0.717) is 5.02 Å². The number of nitrogens with one attached hydrogen (secondary N) is 1. The SMILES string of the molecule is CC[C@@H](Sc1ccc(Cl)cc1)C(=O)Nc1ccc(N2CCCCC2)cc1. The summed E-state index contributed by atoms with van der Waals surface area (Å²) >= 11 is 7.50. The number of benzene rings is 2. The fraction of sp³-hybridized carbons (Fsp3) is 0.381. The molecule has 0 saturated carbocycles. The van der Waals surface area contributed by atoms with E-state index in [9.17, 15) is 4.79 Å². The predicted molar refractivity (Wildman–Crippen MR) is 113 cm³/mol. The van der Waals surface area contributed by atoms with Crippen LogP contribution in [0.3, 0.4) is 0 Å². The van der Waals surface area contributed by atoms with Gasteiger partial charge in [0.25, 0.3) is 0 Å². The van der Waals surface area contributed by atoms with Gasteiger partial charge in [0.05, 0.1) is 5.25 Å². The number of hydrogen-bond donors (Lipinski definition) is 1. The number of amides is 1. The standard InChI is InChI=1S/C21H25ClN2OS/c1-2-20(26-19-12-6-16(22)7-13-19)21(25)23-17-8-10-18(11-9-17)24-14-4-3-5-15-24/h6-13,20H,2-5,14-15H2,1H3,(H,23,25)/t20-/m1/s1. The van der Waals surface area contributed by atoms with Crippen molar-refractivity contribution in [1.82, 2.24) is 0 Å². The second-order valence-electron chi connectivity index (χ2n) is 6.55. The van der Waals surface area contributed by atoms with Crippen molar-refractivity contribution >= 4 is 40.6 Å². The molecule has 1 fully saturated rings. The van der Waals surface area contributed by atoms with Crippen molar-refractivity contribution in [2.45, 2.75) is 42.8 Å². The summed E-state index contributed by atoms with van der Waals surface area (Å²) in [5.41, 5.74) is 2.09. The lowest BCUT2D eigenvalue weighted by Gasteiger charge is -2.28. The Bertz CT molecular complexity index is 712. The summed E-state index contributed by atoms with van der Waals surface area (Å²) < 4.78 is 0. The van der Waals surface area contributed by atoms with Crippen LogP contribution in [0.15, 0.2) is 53.4 Å². The van der Waals surface area contributed by atoms with E-state index in [-0.39, 0.29) is 11.2 Å². The molecular formula is C21H25ClN2OS. The highest BCUT2D eigenvalue weighted by atomic mass is 35.5. The highest BCUT2D eigenvalue weighted by Crippen LogP contribution is 2.28. The molecular weight excluding hydrogens is 364 g/mol. The minimum Gasteiger partial charge on any atom is -0.372 e. The molecule has 2 aromatic carbocycles. The first kappa shape index (κ1) is 19.1. The van der Waals surface area contributed by atoms with E-state index in [4.69, 9.17) is 11.6 Å². The van der Waals surface area contributed by atoms with E-state index in [0.717, 1.165) is 30.1 Å². The lowest BCUT2D eigenvalue weighted by atomic mass is 10.1. The third-order valence-electron chi connectivity index (χ3n) is 4.61. The second kappa shape index (κ2) is 9.33. The van der Waals surface area contributed by atoms with Crippen molar-refractivity contribution in [1.29, 1.82) is 0 Å². The van der Waals surface area contributed by atoms with Gasteiger partial charge in [-0.2, -0.15) is 0 Å². The Morgan fingerprint density at radius 3 is 2.35 bits per heavy atom. The number of carbonyl (C=O) groups is 1. The molecule has 0 unspecified atom stereocenters. The molecule has 0 bridgehead atoms. The molecule has 1 saturated heterocycles. The molecule has 26 heavy (non-hydrogen) atoms. The molecule has 0 radical (unpaired) electrons. The Kier molecular flexibility index (Phi) is 6.86. The maximum absolute atomic E-state index is 12.6. The lowest BCUT2D eigenvalue weighted by Crippen LogP contribution is -2.29. The van der Waals surface area contributed by atoms with E-state index in [1.54, 1.807) is 11.8 Å². The van der Waals surface area contributed by atoms with Gasteiger partial charge in [-0.25, -0.2) is 0 Å². The molecule has 0 aromatic heterocycles. The number of hydrogen-bond acceptors (Lipinski definition) is 3. The fourth-order valence-electron chi connectivity index (χ4n) is 3.13. The van der Waals surface area contributed by atoms with Gasteiger partial charge >= 0.3 is 0 Å². The van der Waals surface area contributed by atoms with Crippen molar-refractivity contribution in [2.75, 3.05) is 23.3 Å². The molecule has 3 rings (SSSR count). The Hall–Kier alpha value is -1.65. The second-order valence-corrected chi connectivity index (χ2v) is 8.27. The molecule has 2 aromatic rings. The monoisotopic (exact) mass is 388 g/mol. The Balaban J connectivity index is 1.59. The minimum absolute atomic E-state index is 0.0400. The van der Waals surface area contributed by atoms with Crippen LogP contribution in [0.2, 0.25) is 5.02 Å². The summed E-state index contributed by atoms with van der Waals surface area (Å²) in [5, 5.41) is 3.63. The zero-order valence-electron chi connectivity index (χ0n) is 15.1. The maximum Gasteiger partial charge on any atom is 0.237 e. The Morgan fingerprint density at radius 1 is 1.08 bits per heavy atom. The fourth-order valence-corrected chi connectivity index (χ4v) is 4.21. The maximum atomic E-state index is 12.6. The van der Waals surface area contributed by atoms with E-state index in [1.165, 1.54) is 24.9 Å². The molecule has 1 N–H and O–H groups in total. The number of carbonyl (C=O) groups excluding carboxylic acids is 1. The van der Waals surface area contributed by atoms with Gasteiger partial charge in [0.2, 0.25) is 5.91 Å². The summed E-state index contributed by atoms with van der Waals surface area (Å²) in [5.74, 6) is 0.0400. The van der Waals surface area contributed by atoms with Crippen LogP contribution < -0.4 is 10.2 Å². The highest BCUT2D eigenvalue weighted by Gasteiger charge is 2.18.